The van der Waals surface area contributed by atoms with Crippen molar-refractivity contribution in [2.24, 2.45) is 5.10 Å². The van der Waals surface area contributed by atoms with Crippen molar-refractivity contribution < 1.29 is 9.53 Å². The molecule has 1 heterocycles. The average molecular weight is 389 g/mol. The van der Waals surface area contributed by atoms with Gasteiger partial charge in [0.1, 0.15) is 10.8 Å². The zero-order valence-electron chi connectivity index (χ0n) is 15.5. The lowest BCUT2D eigenvalue weighted by Crippen LogP contribution is -2.33. The van der Waals surface area contributed by atoms with Crippen LogP contribution in [-0.2, 0) is 4.79 Å². The minimum absolute atomic E-state index is 0.311. The van der Waals surface area contributed by atoms with Crippen LogP contribution < -0.4 is 10.2 Å². The van der Waals surface area contributed by atoms with Crippen LogP contribution in [0, 0.1) is 0 Å². The molecule has 0 spiro atoms. The third-order valence-electron chi connectivity index (χ3n) is 4.34. The van der Waals surface area contributed by atoms with Gasteiger partial charge in [-0.15, -0.1) is 11.3 Å². The molecular weight excluding hydrogens is 370 g/mol. The fourth-order valence-electron chi connectivity index (χ4n) is 2.80. The summed E-state index contributed by atoms with van der Waals surface area (Å²) in [6, 6.07) is 21.7. The Kier molecular flexibility index (Phi) is 5.04. The molecule has 1 aromatic heterocycles. The van der Waals surface area contributed by atoms with Crippen molar-refractivity contribution in [2.45, 2.75) is 20.0 Å². The number of carbonyl (C=O) groups is 1. The number of nitrogens with one attached hydrogen (secondary N) is 1. The van der Waals surface area contributed by atoms with E-state index in [2.05, 4.69) is 15.5 Å². The van der Waals surface area contributed by atoms with Gasteiger partial charge in [0.05, 0.1) is 15.9 Å². The minimum Gasteiger partial charge on any atom is -0.481 e. The van der Waals surface area contributed by atoms with Crippen LogP contribution in [0.5, 0.6) is 5.75 Å². The summed E-state index contributed by atoms with van der Waals surface area (Å²) in [5, 5.41) is 7.16. The molecule has 140 valence electrons. The molecule has 1 N–H and O–H groups in total. The van der Waals surface area contributed by atoms with E-state index in [4.69, 9.17) is 4.74 Å². The maximum absolute atomic E-state index is 12.4. The largest absolute Gasteiger partial charge is 0.481 e. The molecule has 1 unspecified atom stereocenters. The standard InChI is InChI=1S/C22H19N3O2S/c1-14(22-23-19-9-5-6-10-20(19)28-22)24-25-21(26)15(2)27-18-12-11-16-7-3-4-8-17(16)13-18/h3-13,15H,1-2H3,(H,25,26)/b24-14+. The number of carbonyl (C=O) groups excluding carboxylic acids is 1. The highest BCUT2D eigenvalue weighted by Crippen LogP contribution is 2.22. The van der Waals surface area contributed by atoms with Gasteiger partial charge in [-0.3, -0.25) is 4.79 Å². The van der Waals surface area contributed by atoms with Crippen molar-refractivity contribution in [1.82, 2.24) is 10.4 Å². The Morgan fingerprint density at radius 1 is 1.07 bits per heavy atom. The van der Waals surface area contributed by atoms with E-state index in [-0.39, 0.29) is 5.91 Å². The molecule has 0 saturated carbocycles. The number of benzene rings is 3. The molecule has 5 nitrogen and oxygen atoms in total. The number of rotatable bonds is 5. The van der Waals surface area contributed by atoms with E-state index in [9.17, 15) is 4.79 Å². The fourth-order valence-corrected chi connectivity index (χ4v) is 3.71. The molecule has 0 saturated heterocycles. The maximum atomic E-state index is 12.4. The van der Waals surface area contributed by atoms with Crippen LogP contribution in [-0.4, -0.2) is 22.7 Å². The summed E-state index contributed by atoms with van der Waals surface area (Å²) in [6.45, 7) is 3.53. The lowest BCUT2D eigenvalue weighted by atomic mass is 10.1. The summed E-state index contributed by atoms with van der Waals surface area (Å²) in [4.78, 5) is 16.9. The highest BCUT2D eigenvalue weighted by atomic mass is 32.1. The van der Waals surface area contributed by atoms with Crippen molar-refractivity contribution in [3.63, 3.8) is 0 Å². The fraction of sp³-hybridized carbons (Fsp3) is 0.136. The van der Waals surface area contributed by atoms with Crippen LogP contribution in [0.1, 0.15) is 18.9 Å². The molecule has 4 rings (SSSR count). The molecule has 0 bridgehead atoms. The molecule has 3 aromatic carbocycles. The van der Waals surface area contributed by atoms with Gasteiger partial charge in [0.15, 0.2) is 6.10 Å². The normalized spacial score (nSPS) is 12.9. The SMILES string of the molecule is C/C(=N\NC(=O)C(C)Oc1ccc2ccccc2c1)c1nc2ccccc2s1. The van der Waals surface area contributed by atoms with Gasteiger partial charge in [0.25, 0.3) is 5.91 Å². The number of hydrogen-bond acceptors (Lipinski definition) is 5. The van der Waals surface area contributed by atoms with Gasteiger partial charge in [-0.05, 0) is 48.9 Å². The van der Waals surface area contributed by atoms with Crippen LogP contribution in [0.4, 0.5) is 0 Å². The van der Waals surface area contributed by atoms with Crippen LogP contribution in [0.15, 0.2) is 71.8 Å². The number of thiazole rings is 1. The molecule has 0 aliphatic rings. The number of amides is 1. The number of nitrogens with zero attached hydrogens (tertiary/aromatic N) is 2. The molecular formula is C22H19N3O2S. The Morgan fingerprint density at radius 2 is 1.82 bits per heavy atom. The smallest absolute Gasteiger partial charge is 0.280 e. The Morgan fingerprint density at radius 3 is 2.64 bits per heavy atom. The van der Waals surface area contributed by atoms with E-state index in [0.29, 0.717) is 11.5 Å². The zero-order chi connectivity index (χ0) is 19.5. The lowest BCUT2D eigenvalue weighted by molar-refractivity contribution is -0.127. The molecule has 4 aromatic rings. The first kappa shape index (κ1) is 18.1. The summed E-state index contributed by atoms with van der Waals surface area (Å²) in [5.41, 5.74) is 4.16. The van der Waals surface area contributed by atoms with Crippen LogP contribution >= 0.6 is 11.3 Å². The Balaban J connectivity index is 1.42. The molecule has 0 aliphatic heterocycles. The van der Waals surface area contributed by atoms with Gasteiger partial charge in [-0.25, -0.2) is 10.4 Å². The van der Waals surface area contributed by atoms with Gasteiger partial charge in [-0.2, -0.15) is 5.10 Å². The first-order valence-electron chi connectivity index (χ1n) is 8.96. The van der Waals surface area contributed by atoms with E-state index >= 15 is 0 Å². The minimum atomic E-state index is -0.673. The second-order valence-electron chi connectivity index (χ2n) is 6.43. The summed E-state index contributed by atoms with van der Waals surface area (Å²) < 4.78 is 6.87. The predicted molar refractivity (Wildman–Crippen MR) is 114 cm³/mol. The first-order chi connectivity index (χ1) is 13.6. The van der Waals surface area contributed by atoms with Crippen molar-refractivity contribution in [3.05, 3.63) is 71.7 Å². The molecule has 6 heteroatoms. The Hall–Kier alpha value is -3.25. The summed E-state index contributed by atoms with van der Waals surface area (Å²) in [5.74, 6) is 0.335. The lowest BCUT2D eigenvalue weighted by Gasteiger charge is -2.13. The Bertz CT molecular complexity index is 1150. The van der Waals surface area contributed by atoms with Gasteiger partial charge < -0.3 is 4.74 Å². The summed E-state index contributed by atoms with van der Waals surface area (Å²) >= 11 is 1.54. The maximum Gasteiger partial charge on any atom is 0.280 e. The number of fused-ring (bicyclic) bond motifs is 2. The third kappa shape index (κ3) is 3.87. The Labute approximate surface area is 166 Å². The van der Waals surface area contributed by atoms with E-state index < -0.39 is 6.10 Å². The van der Waals surface area contributed by atoms with Crippen LogP contribution in [0.25, 0.3) is 21.0 Å². The van der Waals surface area contributed by atoms with E-state index in [1.54, 1.807) is 18.3 Å². The highest BCUT2D eigenvalue weighted by Gasteiger charge is 2.15. The van der Waals surface area contributed by atoms with E-state index in [1.165, 1.54) is 0 Å². The number of para-hydroxylation sites is 1. The molecule has 0 radical (unpaired) electrons. The van der Waals surface area contributed by atoms with Crippen molar-refractivity contribution in [1.29, 1.82) is 0 Å². The van der Waals surface area contributed by atoms with Crippen molar-refractivity contribution in [3.8, 4) is 5.75 Å². The molecule has 28 heavy (non-hydrogen) atoms. The topological polar surface area (TPSA) is 63.6 Å². The number of aromatic nitrogens is 1. The molecule has 0 aliphatic carbocycles. The number of hydrazone groups is 1. The average Bonchev–Trinajstić information content (AvgIpc) is 3.16. The summed E-state index contributed by atoms with van der Waals surface area (Å²) in [7, 11) is 0. The van der Waals surface area contributed by atoms with Crippen molar-refractivity contribution >= 4 is 43.9 Å². The van der Waals surface area contributed by atoms with E-state index in [0.717, 1.165) is 26.0 Å². The van der Waals surface area contributed by atoms with Gasteiger partial charge in [-0.1, -0.05) is 42.5 Å². The van der Waals surface area contributed by atoms with Crippen LogP contribution in [0.2, 0.25) is 0 Å². The highest BCUT2D eigenvalue weighted by molar-refractivity contribution is 7.20. The monoisotopic (exact) mass is 389 g/mol. The number of ether oxygens (including phenoxy) is 1. The third-order valence-corrected chi connectivity index (χ3v) is 5.49. The van der Waals surface area contributed by atoms with Gasteiger partial charge in [0, 0.05) is 0 Å². The van der Waals surface area contributed by atoms with Crippen LogP contribution in [0.3, 0.4) is 0 Å². The second kappa shape index (κ2) is 7.78. The molecule has 0 fully saturated rings. The zero-order valence-corrected chi connectivity index (χ0v) is 16.4. The van der Waals surface area contributed by atoms with Crippen molar-refractivity contribution in [2.75, 3.05) is 0 Å². The summed E-state index contributed by atoms with van der Waals surface area (Å²) in [6.07, 6.45) is -0.673. The molecule has 1 atom stereocenters. The molecule has 1 amide bonds. The van der Waals surface area contributed by atoms with Gasteiger partial charge in [0.2, 0.25) is 0 Å². The second-order valence-corrected chi connectivity index (χ2v) is 7.46. The quantitative estimate of drug-likeness (QED) is 0.395. The van der Waals surface area contributed by atoms with Gasteiger partial charge >= 0.3 is 0 Å². The van der Waals surface area contributed by atoms with E-state index in [1.807, 2.05) is 73.7 Å². The predicted octanol–water partition coefficient (Wildman–Crippen LogP) is 4.76. The number of hydrogen-bond donors (Lipinski definition) is 1. The first-order valence-corrected chi connectivity index (χ1v) is 9.77.